The maximum Gasteiger partial charge on any atom is 0.346 e. The maximum absolute atomic E-state index is 12.9. The number of hydrogen-bond acceptors (Lipinski definition) is 5. The van der Waals surface area contributed by atoms with Gasteiger partial charge in [-0.15, -0.1) is 0 Å². The fraction of sp³-hybridized carbons (Fsp3) is 0.357. The Balaban J connectivity index is 1.40. The third-order valence-corrected chi connectivity index (χ3v) is 6.24. The number of nitrogen functional groups attached to an aromatic ring is 1. The zero-order valence-corrected chi connectivity index (χ0v) is 21.0. The summed E-state index contributed by atoms with van der Waals surface area (Å²) in [6.45, 7) is 9.69. The average molecular weight is 471 g/mol. The molecule has 7 nitrogen and oxygen atoms in total. The van der Waals surface area contributed by atoms with Gasteiger partial charge in [0.1, 0.15) is 11.6 Å². The van der Waals surface area contributed by atoms with Gasteiger partial charge in [-0.25, -0.2) is 14.5 Å². The molecule has 0 radical (unpaired) electrons. The van der Waals surface area contributed by atoms with Crippen molar-refractivity contribution >= 4 is 5.82 Å². The Bertz CT molecular complexity index is 1330. The number of rotatable bonds is 8. The molecule has 7 heteroatoms. The number of nitrogens with zero attached hydrogens (tertiary/aromatic N) is 5. The van der Waals surface area contributed by atoms with Crippen LogP contribution < -0.4 is 11.4 Å². The molecule has 35 heavy (non-hydrogen) atoms. The second-order valence-corrected chi connectivity index (χ2v) is 9.93. The van der Waals surface area contributed by atoms with Crippen molar-refractivity contribution in [2.45, 2.75) is 65.5 Å². The lowest BCUT2D eigenvalue weighted by Gasteiger charge is -2.19. The molecular formula is C28H34N6O. The molecule has 2 aromatic carbocycles. The second kappa shape index (κ2) is 10.3. The first-order valence-corrected chi connectivity index (χ1v) is 12.2. The first kappa shape index (κ1) is 24.4. The lowest BCUT2D eigenvalue weighted by Crippen LogP contribution is -2.25. The molecule has 0 saturated carbocycles. The lowest BCUT2D eigenvalue weighted by atomic mass is 9.87. The van der Waals surface area contributed by atoms with Gasteiger partial charge in [-0.3, -0.25) is 9.55 Å². The number of nitrogens with two attached hydrogens (primary N) is 1. The Kier molecular flexibility index (Phi) is 7.15. The molecule has 0 fully saturated rings. The van der Waals surface area contributed by atoms with E-state index >= 15 is 0 Å². The van der Waals surface area contributed by atoms with Crippen LogP contribution in [0.25, 0.3) is 11.3 Å². The highest BCUT2D eigenvalue weighted by Gasteiger charge is 2.15. The van der Waals surface area contributed by atoms with Crippen LogP contribution in [0.4, 0.5) is 5.82 Å². The van der Waals surface area contributed by atoms with E-state index in [4.69, 9.17) is 5.73 Å². The normalized spacial score (nSPS) is 11.7. The van der Waals surface area contributed by atoms with Crippen LogP contribution in [-0.4, -0.2) is 24.3 Å². The van der Waals surface area contributed by atoms with Crippen LogP contribution in [0, 0.1) is 0 Å². The molecule has 0 aliphatic rings. The first-order valence-electron chi connectivity index (χ1n) is 12.2. The van der Waals surface area contributed by atoms with Gasteiger partial charge in [-0.2, -0.15) is 5.10 Å². The Morgan fingerprint density at radius 2 is 1.60 bits per heavy atom. The van der Waals surface area contributed by atoms with Crippen molar-refractivity contribution in [1.82, 2.24) is 24.3 Å². The molecule has 2 heterocycles. The third kappa shape index (κ3) is 5.85. The number of anilines is 1. The smallest absolute Gasteiger partial charge is 0.346 e. The minimum Gasteiger partial charge on any atom is -0.382 e. The van der Waals surface area contributed by atoms with E-state index in [1.807, 2.05) is 19.1 Å². The first-order chi connectivity index (χ1) is 16.7. The van der Waals surface area contributed by atoms with E-state index in [0.29, 0.717) is 18.9 Å². The minimum absolute atomic E-state index is 0.0463. The van der Waals surface area contributed by atoms with Gasteiger partial charge in [0.05, 0.1) is 24.6 Å². The summed E-state index contributed by atoms with van der Waals surface area (Å²) in [6, 6.07) is 16.8. The van der Waals surface area contributed by atoms with Gasteiger partial charge in [-0.05, 0) is 41.9 Å². The van der Waals surface area contributed by atoms with Crippen molar-refractivity contribution in [1.29, 1.82) is 0 Å². The summed E-state index contributed by atoms with van der Waals surface area (Å²) in [7, 11) is 0. The molecule has 0 amide bonds. The maximum atomic E-state index is 12.9. The summed E-state index contributed by atoms with van der Waals surface area (Å²) in [5, 5.41) is 4.68. The van der Waals surface area contributed by atoms with Crippen LogP contribution >= 0.6 is 0 Å². The molecule has 4 aromatic rings. The van der Waals surface area contributed by atoms with Crippen LogP contribution in [0.15, 0.2) is 65.7 Å². The summed E-state index contributed by atoms with van der Waals surface area (Å²) in [6.07, 6.45) is 5.82. The molecule has 0 bridgehead atoms. The molecule has 0 aliphatic carbocycles. The van der Waals surface area contributed by atoms with Crippen LogP contribution in [0.1, 0.15) is 56.6 Å². The van der Waals surface area contributed by atoms with Crippen LogP contribution in [0.3, 0.4) is 0 Å². The largest absolute Gasteiger partial charge is 0.382 e. The predicted molar refractivity (Wildman–Crippen MR) is 140 cm³/mol. The fourth-order valence-corrected chi connectivity index (χ4v) is 4.19. The molecule has 0 aliphatic heterocycles. The predicted octanol–water partition coefficient (Wildman–Crippen LogP) is 4.63. The zero-order chi connectivity index (χ0) is 25.0. The topological polar surface area (TPSA) is 91.6 Å². The van der Waals surface area contributed by atoms with E-state index in [9.17, 15) is 4.79 Å². The summed E-state index contributed by atoms with van der Waals surface area (Å²) < 4.78 is 3.37. The minimum atomic E-state index is -0.0463. The number of hydrogen-bond donors (Lipinski definition) is 1. The highest BCUT2D eigenvalue weighted by molar-refractivity contribution is 5.59. The van der Waals surface area contributed by atoms with Crippen molar-refractivity contribution in [3.8, 4) is 11.3 Å². The quantitative estimate of drug-likeness (QED) is 0.406. The van der Waals surface area contributed by atoms with E-state index in [2.05, 4.69) is 72.2 Å². The molecule has 2 N–H and O–H groups in total. The molecular weight excluding hydrogens is 436 g/mol. The van der Waals surface area contributed by atoms with E-state index in [0.717, 1.165) is 41.9 Å². The van der Waals surface area contributed by atoms with Crippen molar-refractivity contribution in [2.75, 3.05) is 5.73 Å². The Morgan fingerprint density at radius 3 is 2.23 bits per heavy atom. The van der Waals surface area contributed by atoms with Crippen molar-refractivity contribution in [3.63, 3.8) is 0 Å². The van der Waals surface area contributed by atoms with Gasteiger partial charge in [0.2, 0.25) is 0 Å². The van der Waals surface area contributed by atoms with Crippen LogP contribution in [0.5, 0.6) is 0 Å². The number of aryl methyl sites for hydroxylation is 2. The van der Waals surface area contributed by atoms with Crippen LogP contribution in [-0.2, 0) is 31.3 Å². The van der Waals surface area contributed by atoms with Crippen molar-refractivity contribution in [2.24, 2.45) is 0 Å². The molecule has 0 saturated heterocycles. The summed E-state index contributed by atoms with van der Waals surface area (Å²) in [4.78, 5) is 21.4. The van der Waals surface area contributed by atoms with E-state index < -0.39 is 0 Å². The highest BCUT2D eigenvalue weighted by atomic mass is 16.2. The lowest BCUT2D eigenvalue weighted by molar-refractivity contribution is 0.588. The summed E-state index contributed by atoms with van der Waals surface area (Å²) >= 11 is 0. The van der Waals surface area contributed by atoms with Gasteiger partial charge in [0, 0.05) is 18.5 Å². The molecule has 0 atom stereocenters. The standard InChI is InChI=1S/C28H34N6O/c1-5-33-26(32-34(27(33)35)19-21-11-15-23(16-12-21)28(2,3)4)8-6-7-20-9-13-22(14-10-20)24-17-30-18-25(29)31-24/h9-18H,5-8,19H2,1-4H3,(H2,29,31). The van der Waals surface area contributed by atoms with Gasteiger partial charge in [0.25, 0.3) is 0 Å². The summed E-state index contributed by atoms with van der Waals surface area (Å²) in [5.41, 5.74) is 11.1. The second-order valence-electron chi connectivity index (χ2n) is 9.93. The van der Waals surface area contributed by atoms with Gasteiger partial charge < -0.3 is 5.73 Å². The van der Waals surface area contributed by atoms with E-state index in [1.165, 1.54) is 17.3 Å². The van der Waals surface area contributed by atoms with Gasteiger partial charge >= 0.3 is 5.69 Å². The highest BCUT2D eigenvalue weighted by Crippen LogP contribution is 2.22. The molecule has 0 spiro atoms. The Labute approximate surface area is 206 Å². The third-order valence-electron chi connectivity index (χ3n) is 6.24. The van der Waals surface area contributed by atoms with E-state index in [-0.39, 0.29) is 11.1 Å². The SMILES string of the molecule is CCn1c(CCCc2ccc(-c3cncc(N)n3)cc2)nn(Cc2ccc(C(C)(C)C)cc2)c1=O. The van der Waals surface area contributed by atoms with Crippen molar-refractivity contribution in [3.05, 3.63) is 93.9 Å². The van der Waals surface area contributed by atoms with Crippen LogP contribution in [0.2, 0.25) is 0 Å². The number of aromatic nitrogens is 5. The molecule has 0 unspecified atom stereocenters. The van der Waals surface area contributed by atoms with E-state index in [1.54, 1.807) is 15.4 Å². The molecule has 182 valence electrons. The Morgan fingerprint density at radius 1 is 0.914 bits per heavy atom. The zero-order valence-electron chi connectivity index (χ0n) is 21.0. The molecule has 2 aromatic heterocycles. The van der Waals surface area contributed by atoms with Gasteiger partial charge in [-0.1, -0.05) is 69.3 Å². The Hall–Kier alpha value is -3.74. The fourth-order valence-electron chi connectivity index (χ4n) is 4.19. The summed E-state index contributed by atoms with van der Waals surface area (Å²) in [5.74, 6) is 1.25. The van der Waals surface area contributed by atoms with Crippen molar-refractivity contribution < 1.29 is 0 Å². The van der Waals surface area contributed by atoms with Gasteiger partial charge in [0.15, 0.2) is 0 Å². The monoisotopic (exact) mass is 470 g/mol. The number of benzene rings is 2. The molecule has 4 rings (SSSR count). The average Bonchev–Trinajstić information content (AvgIpc) is 3.13.